The Labute approximate surface area is 239 Å². The van der Waals surface area contributed by atoms with Crippen LogP contribution in [0, 0.1) is 12.8 Å². The van der Waals surface area contributed by atoms with Gasteiger partial charge >= 0.3 is 4.87 Å². The molecule has 2 aromatic carbocycles. The summed E-state index contributed by atoms with van der Waals surface area (Å²) in [4.78, 5) is 57.7. The molecule has 3 aliphatic rings. The first-order chi connectivity index (χ1) is 19.3. The standard InChI is InChI=1S/C29H29N3O6S2/c1-16-6-9-18(10-7-16)32-26(35)23-22(17-8-11-19(33)20(14-17)38-2)25-28(39-24(23)27(32)36)31(29(37)40-25)15-21(34)30-12-4-3-5-13-30/h6-11,14,22-24,33H,3-5,12-13,15H2,1-2H3/t22-,23?,24?/m0/s1. The maximum atomic E-state index is 14.0. The van der Waals surface area contributed by atoms with Gasteiger partial charge in [-0.1, -0.05) is 46.9 Å². The number of aromatic nitrogens is 1. The summed E-state index contributed by atoms with van der Waals surface area (Å²) < 4.78 is 6.81. The minimum atomic E-state index is -0.781. The average Bonchev–Trinajstić information content (AvgIpc) is 3.40. The highest BCUT2D eigenvalue weighted by Gasteiger charge is 2.57. The van der Waals surface area contributed by atoms with Gasteiger partial charge in [-0.25, -0.2) is 4.90 Å². The Morgan fingerprint density at radius 3 is 2.45 bits per heavy atom. The first-order valence-electron chi connectivity index (χ1n) is 13.3. The van der Waals surface area contributed by atoms with Crippen LogP contribution in [0.5, 0.6) is 11.5 Å². The number of anilines is 1. The molecule has 3 atom stereocenters. The molecule has 1 aromatic heterocycles. The van der Waals surface area contributed by atoms with E-state index in [0.717, 1.165) is 36.2 Å². The van der Waals surface area contributed by atoms with Gasteiger partial charge in [0.15, 0.2) is 11.5 Å². The number of carbonyl (C=O) groups excluding carboxylic acids is 3. The number of carbonyl (C=O) groups is 3. The Morgan fingerprint density at radius 1 is 1.02 bits per heavy atom. The van der Waals surface area contributed by atoms with Crippen molar-refractivity contribution in [3.8, 4) is 11.5 Å². The number of phenols is 1. The number of piperidine rings is 1. The summed E-state index contributed by atoms with van der Waals surface area (Å²) in [5.41, 5.74) is 2.15. The highest BCUT2D eigenvalue weighted by Crippen LogP contribution is 2.54. The number of hydrogen-bond acceptors (Lipinski definition) is 8. The summed E-state index contributed by atoms with van der Waals surface area (Å²) in [6, 6.07) is 12.1. The molecule has 3 amide bonds. The maximum absolute atomic E-state index is 14.0. The zero-order valence-electron chi connectivity index (χ0n) is 22.2. The van der Waals surface area contributed by atoms with Crippen molar-refractivity contribution in [1.82, 2.24) is 9.47 Å². The number of fused-ring (bicyclic) bond motifs is 2. The SMILES string of the molecule is COc1cc([C@@H]2c3sc(=O)n(CC(=O)N4CCCCC4)c3SC3C(=O)N(c4ccc(C)cc4)C(=O)C32)ccc1O. The quantitative estimate of drug-likeness (QED) is 0.459. The van der Waals surface area contributed by atoms with E-state index < -0.39 is 17.1 Å². The van der Waals surface area contributed by atoms with Gasteiger partial charge in [-0.05, 0) is 56.0 Å². The second kappa shape index (κ2) is 10.4. The van der Waals surface area contributed by atoms with Gasteiger partial charge in [-0.3, -0.25) is 23.7 Å². The number of aryl methyl sites for hydroxylation is 1. The Bertz CT molecular complexity index is 1560. The number of thiazole rings is 1. The summed E-state index contributed by atoms with van der Waals surface area (Å²) in [6.07, 6.45) is 2.97. The van der Waals surface area contributed by atoms with Crippen molar-refractivity contribution in [3.05, 3.63) is 68.1 Å². The topological polar surface area (TPSA) is 109 Å². The summed E-state index contributed by atoms with van der Waals surface area (Å²) in [5, 5.41) is 10.0. The van der Waals surface area contributed by atoms with Crippen LogP contribution in [-0.4, -0.2) is 57.7 Å². The number of rotatable bonds is 5. The molecule has 2 saturated heterocycles. The lowest BCUT2D eigenvalue weighted by molar-refractivity contribution is -0.133. The molecule has 0 radical (unpaired) electrons. The minimum absolute atomic E-state index is 0.0544. The molecule has 0 aliphatic carbocycles. The third kappa shape index (κ3) is 4.41. The van der Waals surface area contributed by atoms with Crippen molar-refractivity contribution in [2.45, 2.75) is 48.9 Å². The fraction of sp³-hybridized carbons (Fsp3) is 0.379. The monoisotopic (exact) mass is 579 g/mol. The number of ether oxygens (including phenoxy) is 1. The van der Waals surface area contributed by atoms with Crippen molar-refractivity contribution < 1.29 is 24.2 Å². The largest absolute Gasteiger partial charge is 0.504 e. The van der Waals surface area contributed by atoms with Crippen LogP contribution in [0.25, 0.3) is 0 Å². The number of imide groups is 1. The first kappa shape index (κ1) is 26.6. The smallest absolute Gasteiger partial charge is 0.308 e. The molecule has 3 aliphatic heterocycles. The fourth-order valence-electron chi connectivity index (χ4n) is 5.83. The fourth-order valence-corrected chi connectivity index (χ4v) is 8.60. The minimum Gasteiger partial charge on any atom is -0.504 e. The molecule has 11 heteroatoms. The second-order valence-corrected chi connectivity index (χ2v) is 12.5. The Morgan fingerprint density at radius 2 is 1.75 bits per heavy atom. The van der Waals surface area contributed by atoms with E-state index in [2.05, 4.69) is 0 Å². The number of amides is 3. The average molecular weight is 580 g/mol. The molecule has 3 aromatic rings. The van der Waals surface area contributed by atoms with Crippen LogP contribution in [0.15, 0.2) is 52.3 Å². The van der Waals surface area contributed by atoms with E-state index >= 15 is 0 Å². The first-order valence-corrected chi connectivity index (χ1v) is 15.0. The Balaban J connectivity index is 1.46. The van der Waals surface area contributed by atoms with Gasteiger partial charge in [0, 0.05) is 23.9 Å². The second-order valence-electron chi connectivity index (χ2n) is 10.4. The van der Waals surface area contributed by atoms with Crippen LogP contribution < -0.4 is 14.5 Å². The molecule has 6 rings (SSSR count). The van der Waals surface area contributed by atoms with Gasteiger partial charge in [0.2, 0.25) is 17.7 Å². The van der Waals surface area contributed by atoms with Gasteiger partial charge < -0.3 is 14.7 Å². The lowest BCUT2D eigenvalue weighted by Gasteiger charge is -2.31. The van der Waals surface area contributed by atoms with E-state index in [9.17, 15) is 24.3 Å². The number of nitrogens with zero attached hydrogens (tertiary/aromatic N) is 3. The number of benzene rings is 2. The number of phenolic OH excluding ortho intramolecular Hbond substituents is 1. The van der Waals surface area contributed by atoms with Gasteiger partial charge in [-0.15, -0.1) is 0 Å². The van der Waals surface area contributed by atoms with Crippen LogP contribution in [0.3, 0.4) is 0 Å². The molecule has 2 fully saturated rings. The van der Waals surface area contributed by atoms with Gasteiger partial charge in [0.1, 0.15) is 11.8 Å². The molecule has 0 bridgehead atoms. The number of aromatic hydroxyl groups is 1. The zero-order valence-corrected chi connectivity index (χ0v) is 23.8. The Kier molecular flexibility index (Phi) is 6.95. The van der Waals surface area contributed by atoms with Crippen molar-refractivity contribution in [2.24, 2.45) is 5.92 Å². The summed E-state index contributed by atoms with van der Waals surface area (Å²) in [6.45, 7) is 3.17. The van der Waals surface area contributed by atoms with Gasteiger partial charge in [0.05, 0.1) is 23.7 Å². The molecule has 9 nitrogen and oxygen atoms in total. The lowest BCUT2D eigenvalue weighted by Crippen LogP contribution is -2.39. The van der Waals surface area contributed by atoms with Crippen LogP contribution in [-0.2, 0) is 20.9 Å². The highest BCUT2D eigenvalue weighted by molar-refractivity contribution is 8.00. The maximum Gasteiger partial charge on any atom is 0.308 e. The van der Waals surface area contributed by atoms with Crippen molar-refractivity contribution in [2.75, 3.05) is 25.1 Å². The highest BCUT2D eigenvalue weighted by atomic mass is 32.2. The molecule has 1 N–H and O–H groups in total. The molecule has 2 unspecified atom stereocenters. The van der Waals surface area contributed by atoms with Crippen molar-refractivity contribution in [3.63, 3.8) is 0 Å². The van der Waals surface area contributed by atoms with E-state index in [1.807, 2.05) is 19.1 Å². The molecular formula is C29H29N3O6S2. The third-order valence-corrected chi connectivity index (χ3v) is 10.5. The molecule has 4 heterocycles. The number of hydrogen-bond donors (Lipinski definition) is 1. The van der Waals surface area contributed by atoms with E-state index in [4.69, 9.17) is 4.74 Å². The van der Waals surface area contributed by atoms with Crippen LogP contribution in [0.2, 0.25) is 0 Å². The number of methoxy groups -OCH3 is 1. The summed E-state index contributed by atoms with van der Waals surface area (Å²) >= 11 is 2.21. The molecular weight excluding hydrogens is 550 g/mol. The molecule has 0 saturated carbocycles. The molecule has 0 spiro atoms. The predicted octanol–water partition coefficient (Wildman–Crippen LogP) is 3.74. The van der Waals surface area contributed by atoms with Crippen LogP contribution >= 0.6 is 23.1 Å². The normalized spacial score (nSPS) is 22.3. The van der Waals surface area contributed by atoms with Crippen LogP contribution in [0.1, 0.15) is 41.2 Å². The van der Waals surface area contributed by atoms with E-state index in [-0.39, 0.29) is 40.6 Å². The van der Waals surface area contributed by atoms with Crippen LogP contribution in [0.4, 0.5) is 5.69 Å². The van der Waals surface area contributed by atoms with Gasteiger partial charge in [-0.2, -0.15) is 0 Å². The van der Waals surface area contributed by atoms with E-state index in [1.54, 1.807) is 29.2 Å². The molecule has 208 valence electrons. The zero-order chi connectivity index (χ0) is 28.1. The Hall–Kier alpha value is -3.57. The van der Waals surface area contributed by atoms with Crippen molar-refractivity contribution in [1.29, 1.82) is 0 Å². The lowest BCUT2D eigenvalue weighted by atomic mass is 9.83. The summed E-state index contributed by atoms with van der Waals surface area (Å²) in [5.74, 6) is -2.04. The van der Waals surface area contributed by atoms with E-state index in [1.165, 1.54) is 34.4 Å². The third-order valence-electron chi connectivity index (χ3n) is 7.91. The summed E-state index contributed by atoms with van der Waals surface area (Å²) in [7, 11) is 1.44. The number of thioether (sulfide) groups is 1. The van der Waals surface area contributed by atoms with E-state index in [0.29, 0.717) is 34.2 Å². The van der Waals surface area contributed by atoms with Gasteiger partial charge in [0.25, 0.3) is 0 Å². The van der Waals surface area contributed by atoms with Crippen molar-refractivity contribution >= 4 is 46.5 Å². The predicted molar refractivity (Wildman–Crippen MR) is 152 cm³/mol. The number of likely N-dealkylation sites (tertiary alicyclic amines) is 1. The molecule has 40 heavy (non-hydrogen) atoms.